The van der Waals surface area contributed by atoms with Gasteiger partial charge in [-0.05, 0) is 0 Å². The largest absolute Gasteiger partial charge is 0.409 e. The minimum absolute atomic E-state index is 0.168. The van der Waals surface area contributed by atoms with Crippen LogP contribution in [-0.2, 0) is 4.79 Å². The molecule has 0 saturated carbocycles. The van der Waals surface area contributed by atoms with Crippen molar-refractivity contribution in [1.29, 1.82) is 0 Å². The first-order valence-corrected chi connectivity index (χ1v) is 3.62. The van der Waals surface area contributed by atoms with E-state index in [0.717, 1.165) is 0 Å². The van der Waals surface area contributed by atoms with Crippen LogP contribution in [0.15, 0.2) is 5.16 Å². The monoisotopic (exact) mass is 174 g/mol. The van der Waals surface area contributed by atoms with Crippen LogP contribution in [0.2, 0.25) is 0 Å². The fraction of sp³-hybridized carbons (Fsp3) is 0.667. The van der Waals surface area contributed by atoms with Crippen LogP contribution in [0.3, 0.4) is 0 Å². The summed E-state index contributed by atoms with van der Waals surface area (Å²) in [6.45, 7) is 1.09. The summed E-state index contributed by atoms with van der Waals surface area (Å²) in [4.78, 5) is 10.2. The van der Waals surface area contributed by atoms with Crippen molar-refractivity contribution >= 4 is 11.7 Å². The quantitative estimate of drug-likeness (QED) is 0.130. The molecule has 0 unspecified atom stereocenters. The molecule has 0 aromatic carbocycles. The first kappa shape index (κ1) is 10.7. The molecule has 0 aliphatic carbocycles. The number of hydrogen-bond acceptors (Lipinski definition) is 4. The zero-order valence-electron chi connectivity index (χ0n) is 6.79. The molecule has 0 aliphatic rings. The molecule has 6 N–H and O–H groups in total. The number of carbonyl (C=O) groups excluding carboxylic acids is 1. The molecule has 0 bridgehead atoms. The number of amides is 1. The van der Waals surface area contributed by atoms with E-state index in [2.05, 4.69) is 10.5 Å². The number of hydrogen-bond donors (Lipinski definition) is 4. The van der Waals surface area contributed by atoms with Crippen molar-refractivity contribution in [2.24, 2.45) is 16.6 Å². The molecule has 0 fully saturated rings. The SMILES string of the molecule is NC(=O)CCNCC/C(N)=N/O. The Morgan fingerprint density at radius 1 is 1.33 bits per heavy atom. The highest BCUT2D eigenvalue weighted by atomic mass is 16.4. The molecule has 6 heteroatoms. The third kappa shape index (κ3) is 6.81. The lowest BCUT2D eigenvalue weighted by Crippen LogP contribution is -2.26. The maximum absolute atomic E-state index is 10.2. The molecule has 1 amide bonds. The van der Waals surface area contributed by atoms with Gasteiger partial charge in [-0.3, -0.25) is 4.79 Å². The van der Waals surface area contributed by atoms with Crippen molar-refractivity contribution in [2.75, 3.05) is 13.1 Å². The Morgan fingerprint density at radius 2 is 1.92 bits per heavy atom. The molecule has 0 aromatic rings. The van der Waals surface area contributed by atoms with Gasteiger partial charge in [-0.2, -0.15) is 0 Å². The molecular weight excluding hydrogens is 160 g/mol. The van der Waals surface area contributed by atoms with E-state index in [1.807, 2.05) is 0 Å². The Morgan fingerprint density at radius 3 is 2.42 bits per heavy atom. The van der Waals surface area contributed by atoms with Gasteiger partial charge < -0.3 is 22.0 Å². The van der Waals surface area contributed by atoms with Gasteiger partial charge in [-0.15, -0.1) is 0 Å². The molecule has 12 heavy (non-hydrogen) atoms. The van der Waals surface area contributed by atoms with Crippen LogP contribution < -0.4 is 16.8 Å². The van der Waals surface area contributed by atoms with Gasteiger partial charge in [0.1, 0.15) is 5.84 Å². The van der Waals surface area contributed by atoms with Crippen LogP contribution >= 0.6 is 0 Å². The zero-order chi connectivity index (χ0) is 9.40. The summed E-state index contributed by atoms with van der Waals surface area (Å²) in [5.74, 6) is -0.173. The lowest BCUT2D eigenvalue weighted by atomic mass is 10.3. The van der Waals surface area contributed by atoms with Crippen LogP contribution in [-0.4, -0.2) is 30.0 Å². The average molecular weight is 174 g/mol. The Labute approximate surface area is 70.6 Å². The Hall–Kier alpha value is -1.30. The fourth-order valence-corrected chi connectivity index (χ4v) is 0.603. The van der Waals surface area contributed by atoms with E-state index >= 15 is 0 Å². The number of rotatable bonds is 6. The van der Waals surface area contributed by atoms with Crippen molar-refractivity contribution in [1.82, 2.24) is 5.32 Å². The Kier molecular flexibility index (Phi) is 5.72. The average Bonchev–Trinajstić information content (AvgIpc) is 2.03. The summed E-state index contributed by atoms with van der Waals surface area (Å²) in [7, 11) is 0. The van der Waals surface area contributed by atoms with Gasteiger partial charge in [0.15, 0.2) is 0 Å². The van der Waals surface area contributed by atoms with E-state index in [1.54, 1.807) is 0 Å². The molecule has 6 nitrogen and oxygen atoms in total. The molecule has 0 heterocycles. The normalized spacial score (nSPS) is 11.5. The van der Waals surface area contributed by atoms with Gasteiger partial charge in [0.05, 0.1) is 0 Å². The van der Waals surface area contributed by atoms with Gasteiger partial charge in [-0.25, -0.2) is 0 Å². The summed E-state index contributed by atoms with van der Waals surface area (Å²) in [6, 6.07) is 0. The van der Waals surface area contributed by atoms with Crippen molar-refractivity contribution in [3.05, 3.63) is 0 Å². The lowest BCUT2D eigenvalue weighted by molar-refractivity contribution is -0.117. The van der Waals surface area contributed by atoms with E-state index in [0.29, 0.717) is 25.9 Å². The number of nitrogens with two attached hydrogens (primary N) is 2. The first-order chi connectivity index (χ1) is 5.66. The predicted molar refractivity (Wildman–Crippen MR) is 44.7 cm³/mol. The number of amidine groups is 1. The second-order valence-electron chi connectivity index (χ2n) is 2.31. The zero-order valence-corrected chi connectivity index (χ0v) is 6.79. The van der Waals surface area contributed by atoms with Gasteiger partial charge in [0.25, 0.3) is 0 Å². The summed E-state index contributed by atoms with van der Waals surface area (Å²) >= 11 is 0. The van der Waals surface area contributed by atoms with Crippen LogP contribution in [0, 0.1) is 0 Å². The number of oxime groups is 1. The van der Waals surface area contributed by atoms with E-state index in [4.69, 9.17) is 16.7 Å². The van der Waals surface area contributed by atoms with Crippen molar-refractivity contribution < 1.29 is 10.0 Å². The summed E-state index contributed by atoms with van der Waals surface area (Å²) in [5.41, 5.74) is 10.1. The number of nitrogens with one attached hydrogen (secondary N) is 1. The smallest absolute Gasteiger partial charge is 0.218 e. The molecule has 0 spiro atoms. The minimum Gasteiger partial charge on any atom is -0.409 e. The number of primary amides is 1. The highest BCUT2D eigenvalue weighted by molar-refractivity contribution is 5.79. The molecule has 0 aromatic heterocycles. The Bertz CT molecular complexity index is 169. The van der Waals surface area contributed by atoms with Crippen LogP contribution in [0.25, 0.3) is 0 Å². The number of carbonyl (C=O) groups is 1. The predicted octanol–water partition coefficient (Wildman–Crippen LogP) is -1.41. The lowest BCUT2D eigenvalue weighted by Gasteiger charge is -2.00. The van der Waals surface area contributed by atoms with Crippen molar-refractivity contribution in [3.8, 4) is 0 Å². The molecular formula is C6H14N4O2. The van der Waals surface area contributed by atoms with Crippen LogP contribution in [0.4, 0.5) is 0 Å². The van der Waals surface area contributed by atoms with E-state index in [-0.39, 0.29) is 11.7 Å². The van der Waals surface area contributed by atoms with Crippen LogP contribution in [0.1, 0.15) is 12.8 Å². The highest BCUT2D eigenvalue weighted by Crippen LogP contribution is 1.77. The van der Waals surface area contributed by atoms with Gasteiger partial charge in [0, 0.05) is 25.9 Å². The van der Waals surface area contributed by atoms with Gasteiger partial charge in [-0.1, -0.05) is 5.16 Å². The summed E-state index contributed by atoms with van der Waals surface area (Å²) < 4.78 is 0. The maximum Gasteiger partial charge on any atom is 0.218 e. The first-order valence-electron chi connectivity index (χ1n) is 3.62. The molecule has 0 aliphatic heterocycles. The summed E-state index contributed by atoms with van der Waals surface area (Å²) in [6.07, 6.45) is 0.755. The molecule has 0 saturated heterocycles. The fourth-order valence-electron chi connectivity index (χ4n) is 0.603. The highest BCUT2D eigenvalue weighted by Gasteiger charge is 1.94. The maximum atomic E-state index is 10.2. The number of nitrogens with zero attached hydrogens (tertiary/aromatic N) is 1. The van der Waals surface area contributed by atoms with E-state index < -0.39 is 0 Å². The van der Waals surface area contributed by atoms with E-state index in [9.17, 15) is 4.79 Å². The Balaban J connectivity index is 3.16. The molecule has 0 radical (unpaired) electrons. The topological polar surface area (TPSA) is 114 Å². The van der Waals surface area contributed by atoms with Gasteiger partial charge >= 0.3 is 0 Å². The third-order valence-electron chi connectivity index (χ3n) is 1.23. The minimum atomic E-state index is -0.341. The second kappa shape index (κ2) is 6.41. The molecule has 0 atom stereocenters. The second-order valence-corrected chi connectivity index (χ2v) is 2.31. The standard InChI is InChI=1S/C6H14N4O2/c7-5(10-12)1-3-9-4-2-6(8)11/h9,12H,1-4H2,(H2,7,10)(H2,8,11). The van der Waals surface area contributed by atoms with Crippen molar-refractivity contribution in [2.45, 2.75) is 12.8 Å². The van der Waals surface area contributed by atoms with Crippen LogP contribution in [0.5, 0.6) is 0 Å². The van der Waals surface area contributed by atoms with Gasteiger partial charge in [0.2, 0.25) is 5.91 Å². The molecule has 0 rings (SSSR count). The summed E-state index contributed by atoms with van der Waals surface area (Å²) in [5, 5.41) is 13.8. The third-order valence-corrected chi connectivity index (χ3v) is 1.23. The van der Waals surface area contributed by atoms with E-state index in [1.165, 1.54) is 0 Å². The molecule has 70 valence electrons. The van der Waals surface area contributed by atoms with Crippen molar-refractivity contribution in [3.63, 3.8) is 0 Å².